The van der Waals surface area contributed by atoms with Crippen molar-refractivity contribution >= 4 is 11.6 Å². The highest BCUT2D eigenvalue weighted by Gasteiger charge is 2.28. The minimum atomic E-state index is -0.986. The third kappa shape index (κ3) is 4.44. The zero-order valence-corrected chi connectivity index (χ0v) is 15.7. The molecule has 0 amide bonds. The van der Waals surface area contributed by atoms with Crippen LogP contribution in [0, 0.1) is 11.6 Å². The molecule has 2 aromatic rings. The van der Waals surface area contributed by atoms with Crippen LogP contribution in [0.5, 0.6) is 5.75 Å². The molecule has 0 unspecified atom stereocenters. The number of rotatable bonds is 7. The van der Waals surface area contributed by atoms with Gasteiger partial charge in [-0.05, 0) is 0 Å². The van der Waals surface area contributed by atoms with Crippen molar-refractivity contribution < 1.29 is 27.4 Å². The molecule has 1 aromatic carbocycles. The number of oxazole rings is 1. The van der Waals surface area contributed by atoms with Gasteiger partial charge in [0, 0.05) is 24.7 Å². The Morgan fingerprint density at radius 2 is 1.88 bits per heavy atom. The lowest BCUT2D eigenvalue weighted by Gasteiger charge is -2.15. The summed E-state index contributed by atoms with van der Waals surface area (Å²) in [4.78, 5) is 12.2. The van der Waals surface area contributed by atoms with Crippen molar-refractivity contribution in [3.05, 3.63) is 45.2 Å². The highest BCUT2D eigenvalue weighted by atomic mass is 35.5. The quantitative estimate of drug-likeness (QED) is 0.532. The lowest BCUT2D eigenvalue weighted by atomic mass is 9.94. The van der Waals surface area contributed by atoms with E-state index in [0.717, 1.165) is 10.6 Å². The van der Waals surface area contributed by atoms with Crippen molar-refractivity contribution in [3.8, 4) is 11.4 Å². The van der Waals surface area contributed by atoms with Gasteiger partial charge < -0.3 is 18.6 Å². The van der Waals surface area contributed by atoms with Crippen LogP contribution in [0.4, 0.5) is 8.78 Å². The van der Waals surface area contributed by atoms with Crippen LogP contribution in [0.2, 0.25) is 5.15 Å². The predicted molar refractivity (Wildman–Crippen MR) is 91.3 cm³/mol. The van der Waals surface area contributed by atoms with E-state index in [4.69, 9.17) is 30.2 Å². The predicted octanol–water partition coefficient (Wildman–Crippen LogP) is 3.66. The molecule has 1 aromatic heterocycles. The second-order valence-corrected chi connectivity index (χ2v) is 6.83. The third-order valence-electron chi connectivity index (χ3n) is 3.41. The van der Waals surface area contributed by atoms with Gasteiger partial charge in [-0.15, -0.1) is 0 Å². The molecule has 2 rings (SSSR count). The summed E-state index contributed by atoms with van der Waals surface area (Å²) in [5.41, 5.74) is -0.862. The van der Waals surface area contributed by atoms with Crippen molar-refractivity contribution in [2.45, 2.75) is 26.2 Å². The van der Waals surface area contributed by atoms with Crippen molar-refractivity contribution in [2.75, 3.05) is 27.1 Å². The molecular formula is C17H20ClF2NO5. The molecule has 0 fully saturated rings. The summed E-state index contributed by atoms with van der Waals surface area (Å²) in [6.45, 7) is 5.67. The van der Waals surface area contributed by atoms with Gasteiger partial charge in [0.15, 0.2) is 35.1 Å². The molecule has 1 heterocycles. The van der Waals surface area contributed by atoms with Crippen LogP contribution in [-0.2, 0) is 14.9 Å². The number of nitrogens with zero attached hydrogens (tertiary/aromatic N) is 1. The number of aromatic nitrogens is 1. The van der Waals surface area contributed by atoms with Crippen molar-refractivity contribution in [1.29, 1.82) is 0 Å². The Hall–Kier alpha value is -1.90. The zero-order valence-electron chi connectivity index (χ0n) is 14.9. The average molecular weight is 392 g/mol. The topological polar surface area (TPSA) is 62.8 Å². The fourth-order valence-corrected chi connectivity index (χ4v) is 2.61. The van der Waals surface area contributed by atoms with E-state index in [0.29, 0.717) is 12.7 Å². The summed E-state index contributed by atoms with van der Waals surface area (Å²) in [5.74, 6) is -2.91. The molecule has 0 aliphatic carbocycles. The summed E-state index contributed by atoms with van der Waals surface area (Å²) in [6, 6.07) is 1.63. The normalized spacial score (nSPS) is 11.8. The minimum Gasteiger partial charge on any atom is -0.464 e. The maximum atomic E-state index is 14.3. The standard InChI is InChI=1S/C17H20ClF2NO5/c1-17(2,3)14-15(18)21(16(22)26-14)12-8-13(11(20)7-10(12)19)25-9-24-6-5-23-4/h7-8H,5-6,9H2,1-4H3. The minimum absolute atomic E-state index is 0.0877. The number of methoxy groups -OCH3 is 1. The van der Waals surface area contributed by atoms with Crippen molar-refractivity contribution in [2.24, 2.45) is 0 Å². The molecule has 0 saturated carbocycles. The highest BCUT2D eigenvalue weighted by molar-refractivity contribution is 6.30. The van der Waals surface area contributed by atoms with E-state index in [-0.39, 0.29) is 35.8 Å². The van der Waals surface area contributed by atoms with E-state index < -0.39 is 22.8 Å². The molecule has 26 heavy (non-hydrogen) atoms. The van der Waals surface area contributed by atoms with Crippen LogP contribution >= 0.6 is 11.6 Å². The summed E-state index contributed by atoms with van der Waals surface area (Å²) in [7, 11) is 1.51. The van der Waals surface area contributed by atoms with E-state index in [2.05, 4.69) is 0 Å². The lowest BCUT2D eigenvalue weighted by molar-refractivity contribution is -0.0101. The van der Waals surface area contributed by atoms with Crippen molar-refractivity contribution in [1.82, 2.24) is 4.57 Å². The summed E-state index contributed by atoms with van der Waals surface area (Å²) in [6.07, 6.45) is 0. The van der Waals surface area contributed by atoms with E-state index >= 15 is 0 Å². The molecule has 0 N–H and O–H groups in total. The average Bonchev–Trinajstić information content (AvgIpc) is 2.84. The van der Waals surface area contributed by atoms with E-state index in [1.165, 1.54) is 7.11 Å². The number of hydrogen-bond acceptors (Lipinski definition) is 5. The number of ether oxygens (including phenoxy) is 3. The fraction of sp³-hybridized carbons (Fsp3) is 0.471. The second kappa shape index (κ2) is 8.20. The third-order valence-corrected chi connectivity index (χ3v) is 3.75. The Labute approximate surface area is 154 Å². The van der Waals surface area contributed by atoms with Gasteiger partial charge >= 0.3 is 5.76 Å². The Balaban J connectivity index is 2.37. The molecule has 6 nitrogen and oxygen atoms in total. The molecule has 0 aliphatic heterocycles. The summed E-state index contributed by atoms with van der Waals surface area (Å²) < 4.78 is 49.2. The Kier molecular flexibility index (Phi) is 6.44. The molecule has 9 heteroatoms. The number of halogens is 3. The second-order valence-electron chi connectivity index (χ2n) is 6.47. The Morgan fingerprint density at radius 1 is 1.19 bits per heavy atom. The first-order chi connectivity index (χ1) is 12.2. The van der Waals surface area contributed by atoms with E-state index in [9.17, 15) is 13.6 Å². The SMILES string of the molecule is COCCOCOc1cc(-n2c(Cl)c(C(C)(C)C)oc2=O)c(F)cc1F. The van der Waals surface area contributed by atoms with Gasteiger partial charge in [0.05, 0.1) is 18.9 Å². The van der Waals surface area contributed by atoms with Crippen LogP contribution in [0.3, 0.4) is 0 Å². The van der Waals surface area contributed by atoms with Crippen molar-refractivity contribution in [3.63, 3.8) is 0 Å². The first kappa shape index (κ1) is 20.4. The molecule has 144 valence electrons. The van der Waals surface area contributed by atoms with Crippen LogP contribution in [-0.4, -0.2) is 31.7 Å². The highest BCUT2D eigenvalue weighted by Crippen LogP contribution is 2.32. The molecule has 0 radical (unpaired) electrons. The lowest BCUT2D eigenvalue weighted by Crippen LogP contribution is -2.15. The van der Waals surface area contributed by atoms with Crippen LogP contribution in [0.1, 0.15) is 26.5 Å². The molecule has 0 bridgehead atoms. The van der Waals surface area contributed by atoms with E-state index in [1.807, 2.05) is 0 Å². The molecular weight excluding hydrogens is 372 g/mol. The van der Waals surface area contributed by atoms with Gasteiger partial charge in [-0.25, -0.2) is 18.1 Å². The van der Waals surface area contributed by atoms with E-state index in [1.54, 1.807) is 20.8 Å². The zero-order chi connectivity index (χ0) is 19.5. The van der Waals surface area contributed by atoms with Gasteiger partial charge in [0.25, 0.3) is 0 Å². The van der Waals surface area contributed by atoms with Gasteiger partial charge in [-0.3, -0.25) is 0 Å². The van der Waals surface area contributed by atoms with Gasteiger partial charge in [-0.2, -0.15) is 0 Å². The van der Waals surface area contributed by atoms with Gasteiger partial charge in [0.2, 0.25) is 0 Å². The summed E-state index contributed by atoms with van der Waals surface area (Å²) in [5, 5.41) is -0.0877. The van der Waals surface area contributed by atoms with Gasteiger partial charge in [-0.1, -0.05) is 32.4 Å². The largest absolute Gasteiger partial charge is 0.464 e. The van der Waals surface area contributed by atoms with Crippen LogP contribution in [0.15, 0.2) is 21.3 Å². The van der Waals surface area contributed by atoms with Crippen LogP contribution < -0.4 is 10.5 Å². The Bertz CT molecular complexity index is 826. The molecule has 0 atom stereocenters. The molecule has 0 saturated heterocycles. The number of hydrogen-bond donors (Lipinski definition) is 0. The molecule has 0 spiro atoms. The first-order valence-corrected chi connectivity index (χ1v) is 8.15. The maximum absolute atomic E-state index is 14.3. The van der Waals surface area contributed by atoms with Gasteiger partial charge in [0.1, 0.15) is 0 Å². The summed E-state index contributed by atoms with van der Waals surface area (Å²) >= 11 is 6.20. The fourth-order valence-electron chi connectivity index (χ4n) is 2.13. The Morgan fingerprint density at radius 3 is 2.46 bits per heavy atom. The smallest absolute Gasteiger partial charge is 0.425 e. The first-order valence-electron chi connectivity index (χ1n) is 7.77. The monoisotopic (exact) mass is 391 g/mol. The molecule has 0 aliphatic rings. The maximum Gasteiger partial charge on any atom is 0.425 e. The van der Waals surface area contributed by atoms with Crippen LogP contribution in [0.25, 0.3) is 5.69 Å². The number of benzene rings is 1.